The average Bonchev–Trinajstić information content (AvgIpc) is 3.07. The molecule has 0 radical (unpaired) electrons. The first kappa shape index (κ1) is 14.1. The number of aromatic nitrogens is 4. The number of para-hydroxylation sites is 2. The van der Waals surface area contributed by atoms with Gasteiger partial charge in [-0.15, -0.1) is 10.2 Å². The summed E-state index contributed by atoms with van der Waals surface area (Å²) in [5, 5.41) is 9.17. The molecule has 2 aromatic heterocycles. The van der Waals surface area contributed by atoms with Crippen LogP contribution in [-0.4, -0.2) is 19.7 Å². The third kappa shape index (κ3) is 2.79. The Bertz CT molecular complexity index is 716. The molecule has 0 unspecified atom stereocenters. The lowest BCUT2D eigenvalue weighted by atomic mass is 10.3. The highest BCUT2D eigenvalue weighted by Gasteiger charge is 2.15. The molecule has 0 bridgehead atoms. The summed E-state index contributed by atoms with van der Waals surface area (Å²) in [4.78, 5) is 4.46. The lowest BCUT2D eigenvalue weighted by Gasteiger charge is -2.12. The van der Waals surface area contributed by atoms with Gasteiger partial charge in [-0.1, -0.05) is 23.9 Å². The average molecular weight is 303 g/mol. The van der Waals surface area contributed by atoms with E-state index in [4.69, 9.17) is 10.2 Å². The zero-order chi connectivity index (χ0) is 14.8. The van der Waals surface area contributed by atoms with Crippen LogP contribution >= 0.6 is 11.8 Å². The van der Waals surface area contributed by atoms with Gasteiger partial charge in [0.15, 0.2) is 10.7 Å². The van der Waals surface area contributed by atoms with Gasteiger partial charge in [-0.2, -0.15) is 0 Å². The summed E-state index contributed by atoms with van der Waals surface area (Å²) in [6.45, 7) is 4.56. The Labute approximate surface area is 126 Å². The number of benzene rings is 1. The monoisotopic (exact) mass is 303 g/mol. The van der Waals surface area contributed by atoms with Crippen molar-refractivity contribution in [1.29, 1.82) is 0 Å². The van der Waals surface area contributed by atoms with Gasteiger partial charge in [-0.25, -0.2) is 4.98 Å². The fraction of sp³-hybridized carbons (Fsp3) is 0.357. The Morgan fingerprint density at radius 2 is 2.10 bits per heavy atom. The molecule has 3 rings (SSSR count). The molecule has 0 aliphatic carbocycles. The van der Waals surface area contributed by atoms with E-state index < -0.39 is 0 Å². The molecule has 0 saturated heterocycles. The van der Waals surface area contributed by atoms with Crippen LogP contribution in [0.5, 0.6) is 0 Å². The summed E-state index contributed by atoms with van der Waals surface area (Å²) >= 11 is 1.56. The molecule has 0 saturated carbocycles. The normalized spacial score (nSPS) is 11.6. The van der Waals surface area contributed by atoms with Crippen LogP contribution in [-0.2, 0) is 12.3 Å². The van der Waals surface area contributed by atoms with Gasteiger partial charge in [-0.05, 0) is 26.0 Å². The zero-order valence-corrected chi connectivity index (χ0v) is 12.8. The predicted molar refractivity (Wildman–Crippen MR) is 81.9 cm³/mol. The van der Waals surface area contributed by atoms with Crippen LogP contribution in [0.3, 0.4) is 0 Å². The van der Waals surface area contributed by atoms with Crippen LogP contribution in [0.25, 0.3) is 11.1 Å². The van der Waals surface area contributed by atoms with Gasteiger partial charge in [0.25, 0.3) is 0 Å². The second-order valence-electron chi connectivity index (χ2n) is 4.93. The van der Waals surface area contributed by atoms with E-state index in [-0.39, 0.29) is 6.04 Å². The number of rotatable bonds is 5. The minimum absolute atomic E-state index is 0.268. The van der Waals surface area contributed by atoms with E-state index in [2.05, 4.69) is 29.0 Å². The molecule has 0 spiro atoms. The number of oxazole rings is 1. The Morgan fingerprint density at radius 1 is 1.29 bits per heavy atom. The molecular formula is C14H17N5OS. The smallest absolute Gasteiger partial charge is 0.205 e. The molecule has 3 aromatic rings. The van der Waals surface area contributed by atoms with Crippen molar-refractivity contribution in [3.8, 4) is 0 Å². The summed E-state index contributed by atoms with van der Waals surface area (Å²) in [5.41, 5.74) is 7.38. The first-order valence-electron chi connectivity index (χ1n) is 6.80. The summed E-state index contributed by atoms with van der Waals surface area (Å²) in [6.07, 6.45) is 0. The van der Waals surface area contributed by atoms with Gasteiger partial charge in [0.05, 0.1) is 12.3 Å². The third-order valence-electron chi connectivity index (χ3n) is 3.10. The Kier molecular flexibility index (Phi) is 3.94. The second-order valence-corrected chi connectivity index (χ2v) is 5.87. The third-order valence-corrected chi connectivity index (χ3v) is 4.02. The van der Waals surface area contributed by atoms with E-state index in [9.17, 15) is 0 Å². The summed E-state index contributed by atoms with van der Waals surface area (Å²) in [7, 11) is 0. The van der Waals surface area contributed by atoms with Gasteiger partial charge in [0.1, 0.15) is 11.3 Å². The minimum Gasteiger partial charge on any atom is -0.440 e. The van der Waals surface area contributed by atoms with Crippen LogP contribution in [0, 0.1) is 0 Å². The SMILES string of the molecule is CC(C)n1c(CN)nnc1SCc1nc2ccccc2o1. The molecule has 2 heterocycles. The van der Waals surface area contributed by atoms with Gasteiger partial charge < -0.3 is 14.7 Å². The number of thioether (sulfide) groups is 1. The van der Waals surface area contributed by atoms with Crippen molar-refractivity contribution >= 4 is 22.9 Å². The molecule has 2 N–H and O–H groups in total. The van der Waals surface area contributed by atoms with Crippen LogP contribution in [0.2, 0.25) is 0 Å². The van der Waals surface area contributed by atoms with Crippen LogP contribution < -0.4 is 5.73 Å². The largest absolute Gasteiger partial charge is 0.440 e. The molecule has 6 nitrogen and oxygen atoms in total. The summed E-state index contributed by atoms with van der Waals surface area (Å²) < 4.78 is 7.76. The van der Waals surface area contributed by atoms with E-state index in [0.29, 0.717) is 18.2 Å². The molecule has 0 atom stereocenters. The van der Waals surface area contributed by atoms with E-state index in [1.807, 2.05) is 28.8 Å². The highest BCUT2D eigenvalue weighted by atomic mass is 32.2. The first-order chi connectivity index (χ1) is 10.2. The molecule has 7 heteroatoms. The molecule has 0 aliphatic heterocycles. The van der Waals surface area contributed by atoms with Crippen molar-refractivity contribution in [3.63, 3.8) is 0 Å². The van der Waals surface area contributed by atoms with Gasteiger partial charge in [0, 0.05) is 6.04 Å². The van der Waals surface area contributed by atoms with Gasteiger partial charge >= 0.3 is 0 Å². The number of nitrogens with zero attached hydrogens (tertiary/aromatic N) is 4. The van der Waals surface area contributed by atoms with Crippen molar-refractivity contribution in [2.75, 3.05) is 0 Å². The van der Waals surface area contributed by atoms with E-state index >= 15 is 0 Å². The molecule has 0 fully saturated rings. The van der Waals surface area contributed by atoms with Crippen molar-refractivity contribution in [3.05, 3.63) is 36.0 Å². The number of fused-ring (bicyclic) bond motifs is 1. The highest BCUT2D eigenvalue weighted by molar-refractivity contribution is 7.98. The topological polar surface area (TPSA) is 82.8 Å². The molecule has 0 amide bonds. The van der Waals surface area contributed by atoms with E-state index in [0.717, 1.165) is 22.1 Å². The van der Waals surface area contributed by atoms with Crippen molar-refractivity contribution in [1.82, 2.24) is 19.7 Å². The van der Waals surface area contributed by atoms with Gasteiger partial charge in [0.2, 0.25) is 5.89 Å². The predicted octanol–water partition coefficient (Wildman–Crippen LogP) is 2.75. The number of hydrogen-bond donors (Lipinski definition) is 1. The molecule has 1 aromatic carbocycles. The van der Waals surface area contributed by atoms with Crippen LogP contribution in [0.1, 0.15) is 31.6 Å². The quantitative estimate of drug-likeness (QED) is 0.730. The van der Waals surface area contributed by atoms with Crippen molar-refractivity contribution in [2.45, 2.75) is 37.3 Å². The van der Waals surface area contributed by atoms with E-state index in [1.54, 1.807) is 11.8 Å². The van der Waals surface area contributed by atoms with Crippen LogP contribution in [0.4, 0.5) is 0 Å². The fourth-order valence-electron chi connectivity index (χ4n) is 2.17. The minimum atomic E-state index is 0.268. The molecule has 0 aliphatic rings. The fourth-order valence-corrected chi connectivity index (χ4v) is 3.10. The maximum absolute atomic E-state index is 5.71. The highest BCUT2D eigenvalue weighted by Crippen LogP contribution is 2.26. The van der Waals surface area contributed by atoms with Gasteiger partial charge in [-0.3, -0.25) is 0 Å². The maximum Gasteiger partial charge on any atom is 0.205 e. The standard InChI is InChI=1S/C14H17N5OS/c1-9(2)19-12(7-15)17-18-14(19)21-8-13-16-10-5-3-4-6-11(10)20-13/h3-6,9H,7-8,15H2,1-2H3. The lowest BCUT2D eigenvalue weighted by molar-refractivity contribution is 0.524. The van der Waals surface area contributed by atoms with Crippen molar-refractivity contribution in [2.24, 2.45) is 5.73 Å². The van der Waals surface area contributed by atoms with Crippen molar-refractivity contribution < 1.29 is 4.42 Å². The molecule has 110 valence electrons. The summed E-state index contributed by atoms with van der Waals surface area (Å²) in [6, 6.07) is 8.01. The molecule has 21 heavy (non-hydrogen) atoms. The number of nitrogens with two attached hydrogens (primary N) is 1. The van der Waals surface area contributed by atoms with E-state index in [1.165, 1.54) is 0 Å². The molecular weight excluding hydrogens is 286 g/mol. The van der Waals surface area contributed by atoms with Crippen LogP contribution in [0.15, 0.2) is 33.8 Å². The Balaban J connectivity index is 1.80. The Morgan fingerprint density at radius 3 is 2.81 bits per heavy atom. The second kappa shape index (κ2) is 5.87. The number of hydrogen-bond acceptors (Lipinski definition) is 6. The Hall–Kier alpha value is -1.86. The lowest BCUT2D eigenvalue weighted by Crippen LogP contribution is -2.11. The zero-order valence-electron chi connectivity index (χ0n) is 12.0. The maximum atomic E-state index is 5.71. The first-order valence-corrected chi connectivity index (χ1v) is 7.78. The summed E-state index contributed by atoms with van der Waals surface area (Å²) in [5.74, 6) is 2.10.